The van der Waals surface area contributed by atoms with E-state index in [0.717, 1.165) is 0 Å². The van der Waals surface area contributed by atoms with Gasteiger partial charge in [0.2, 0.25) is 0 Å². The summed E-state index contributed by atoms with van der Waals surface area (Å²) in [6, 6.07) is 0. The molecule has 0 bridgehead atoms. The average Bonchev–Trinajstić information content (AvgIpc) is 2.23. The maximum absolute atomic E-state index is 11.2. The van der Waals surface area contributed by atoms with E-state index in [1.165, 1.54) is 0 Å². The van der Waals surface area contributed by atoms with Crippen molar-refractivity contribution in [1.29, 1.82) is 0 Å². The van der Waals surface area contributed by atoms with Gasteiger partial charge in [-0.3, -0.25) is 4.79 Å². The van der Waals surface area contributed by atoms with Crippen molar-refractivity contribution in [2.75, 3.05) is 5.88 Å². The zero-order valence-electron chi connectivity index (χ0n) is 7.46. The highest BCUT2D eigenvalue weighted by Crippen LogP contribution is 2.28. The van der Waals surface area contributed by atoms with E-state index < -0.39 is 11.9 Å². The van der Waals surface area contributed by atoms with Crippen LogP contribution >= 0.6 is 11.6 Å². The van der Waals surface area contributed by atoms with Crippen molar-refractivity contribution in [1.82, 2.24) is 0 Å². The van der Waals surface area contributed by atoms with Gasteiger partial charge in [-0.05, 0) is 20.8 Å². The average molecular weight is 193 g/mol. The van der Waals surface area contributed by atoms with Crippen molar-refractivity contribution in [2.24, 2.45) is 0 Å². The minimum Gasteiger partial charge on any atom is -0.344 e. The van der Waals surface area contributed by atoms with E-state index in [-0.39, 0.29) is 17.8 Å². The molecule has 1 aliphatic rings. The number of carbonyl (C=O) groups is 1. The maximum atomic E-state index is 11.2. The maximum Gasteiger partial charge on any atom is 0.179 e. The van der Waals surface area contributed by atoms with Gasteiger partial charge in [0.05, 0.1) is 12.0 Å². The Morgan fingerprint density at radius 3 is 2.42 bits per heavy atom. The molecular formula is C8H13ClO3. The van der Waals surface area contributed by atoms with Gasteiger partial charge in [-0.25, -0.2) is 0 Å². The molecule has 0 N–H and O–H groups in total. The van der Waals surface area contributed by atoms with Crippen molar-refractivity contribution in [3.8, 4) is 0 Å². The number of carbonyl (C=O) groups excluding carboxylic acids is 1. The lowest BCUT2D eigenvalue weighted by atomic mass is 10.2. The molecule has 0 spiro atoms. The van der Waals surface area contributed by atoms with Crippen LogP contribution in [-0.4, -0.2) is 29.7 Å². The van der Waals surface area contributed by atoms with Crippen LogP contribution in [0, 0.1) is 0 Å². The molecule has 1 aliphatic heterocycles. The summed E-state index contributed by atoms with van der Waals surface area (Å²) in [4.78, 5) is 11.2. The highest BCUT2D eigenvalue weighted by molar-refractivity contribution is 6.28. The fourth-order valence-corrected chi connectivity index (χ4v) is 1.49. The largest absolute Gasteiger partial charge is 0.344 e. The molecule has 0 aromatic heterocycles. The molecule has 0 aromatic rings. The van der Waals surface area contributed by atoms with Gasteiger partial charge in [0, 0.05) is 0 Å². The molecule has 0 radical (unpaired) electrons. The fourth-order valence-electron chi connectivity index (χ4n) is 1.34. The van der Waals surface area contributed by atoms with Crippen LogP contribution in [0.5, 0.6) is 0 Å². The summed E-state index contributed by atoms with van der Waals surface area (Å²) < 4.78 is 10.7. The molecule has 0 amide bonds. The first-order valence-corrected chi connectivity index (χ1v) is 4.44. The summed E-state index contributed by atoms with van der Waals surface area (Å²) in [5.41, 5.74) is 0. The van der Waals surface area contributed by atoms with Crippen LogP contribution in [0.4, 0.5) is 0 Å². The molecular weight excluding hydrogens is 180 g/mol. The third-order valence-corrected chi connectivity index (χ3v) is 2.02. The van der Waals surface area contributed by atoms with Crippen molar-refractivity contribution in [2.45, 2.75) is 38.8 Å². The van der Waals surface area contributed by atoms with Crippen molar-refractivity contribution in [3.63, 3.8) is 0 Å². The number of ketones is 1. The topological polar surface area (TPSA) is 35.5 Å². The molecule has 1 fully saturated rings. The Morgan fingerprint density at radius 2 is 2.08 bits per heavy atom. The first-order chi connectivity index (χ1) is 5.46. The summed E-state index contributed by atoms with van der Waals surface area (Å²) in [6.45, 7) is 5.37. The van der Waals surface area contributed by atoms with Gasteiger partial charge in [-0.2, -0.15) is 0 Å². The Bertz CT molecular complexity index is 191. The van der Waals surface area contributed by atoms with Gasteiger partial charge in [0.1, 0.15) is 6.10 Å². The van der Waals surface area contributed by atoms with Crippen molar-refractivity contribution < 1.29 is 14.3 Å². The van der Waals surface area contributed by atoms with Gasteiger partial charge < -0.3 is 9.47 Å². The smallest absolute Gasteiger partial charge is 0.179 e. The summed E-state index contributed by atoms with van der Waals surface area (Å²) >= 11 is 5.41. The van der Waals surface area contributed by atoms with Crippen LogP contribution in [0.3, 0.4) is 0 Å². The second kappa shape index (κ2) is 3.32. The SMILES string of the molecule is CC1OC(C)(C)OC1C(=O)CCl. The molecule has 3 nitrogen and oxygen atoms in total. The Balaban J connectivity index is 2.64. The van der Waals surface area contributed by atoms with Gasteiger partial charge in [-0.1, -0.05) is 0 Å². The lowest BCUT2D eigenvalue weighted by Crippen LogP contribution is -2.30. The van der Waals surface area contributed by atoms with E-state index in [1.54, 1.807) is 13.8 Å². The Hall–Kier alpha value is -0.120. The summed E-state index contributed by atoms with van der Waals surface area (Å²) in [7, 11) is 0. The lowest BCUT2D eigenvalue weighted by molar-refractivity contribution is -0.153. The van der Waals surface area contributed by atoms with E-state index >= 15 is 0 Å². The molecule has 12 heavy (non-hydrogen) atoms. The van der Waals surface area contributed by atoms with Crippen LogP contribution in [0.2, 0.25) is 0 Å². The molecule has 70 valence electrons. The molecule has 0 aliphatic carbocycles. The fraction of sp³-hybridized carbons (Fsp3) is 0.875. The molecule has 4 heteroatoms. The predicted molar refractivity (Wildman–Crippen MR) is 45.2 cm³/mol. The minimum absolute atomic E-state index is 0.0194. The van der Waals surface area contributed by atoms with Gasteiger partial charge in [0.15, 0.2) is 11.6 Å². The second-order valence-corrected chi connectivity index (χ2v) is 3.63. The number of rotatable bonds is 2. The Morgan fingerprint density at radius 1 is 1.50 bits per heavy atom. The number of halogens is 1. The van der Waals surface area contributed by atoms with E-state index in [2.05, 4.69) is 0 Å². The third-order valence-electron chi connectivity index (χ3n) is 1.76. The molecule has 1 rings (SSSR count). The third kappa shape index (κ3) is 1.97. The Labute approximate surface area is 77.0 Å². The molecule has 0 aromatic carbocycles. The van der Waals surface area contributed by atoms with Gasteiger partial charge in [0.25, 0.3) is 0 Å². The number of Topliss-reactive ketones (excluding diaryl/α,β-unsaturated/α-hetero) is 1. The quantitative estimate of drug-likeness (QED) is 0.620. The van der Waals surface area contributed by atoms with E-state index in [0.29, 0.717) is 0 Å². The van der Waals surface area contributed by atoms with Gasteiger partial charge in [-0.15, -0.1) is 11.6 Å². The molecule has 0 saturated carbocycles. The van der Waals surface area contributed by atoms with E-state index in [1.807, 2.05) is 6.92 Å². The predicted octanol–water partition coefficient (Wildman–Crippen LogP) is 1.33. The molecule has 2 atom stereocenters. The summed E-state index contributed by atoms with van der Waals surface area (Å²) in [6.07, 6.45) is -0.705. The van der Waals surface area contributed by atoms with Gasteiger partial charge >= 0.3 is 0 Å². The monoisotopic (exact) mass is 192 g/mol. The summed E-state index contributed by atoms with van der Waals surface area (Å²) in [5.74, 6) is -0.796. The lowest BCUT2D eigenvalue weighted by Gasteiger charge is -2.15. The Kier molecular flexibility index (Phi) is 2.76. The zero-order chi connectivity index (χ0) is 9.35. The van der Waals surface area contributed by atoms with Crippen LogP contribution in [0.25, 0.3) is 0 Å². The van der Waals surface area contributed by atoms with Crippen molar-refractivity contribution in [3.05, 3.63) is 0 Å². The first-order valence-electron chi connectivity index (χ1n) is 3.90. The number of hydrogen-bond acceptors (Lipinski definition) is 3. The standard InChI is InChI=1S/C8H13ClO3/c1-5-7(6(10)4-9)12-8(2,3)11-5/h5,7H,4H2,1-3H3. The van der Waals surface area contributed by atoms with Crippen LogP contribution in [0.15, 0.2) is 0 Å². The van der Waals surface area contributed by atoms with Crippen molar-refractivity contribution >= 4 is 17.4 Å². The number of ether oxygens (including phenoxy) is 2. The zero-order valence-corrected chi connectivity index (χ0v) is 8.22. The highest BCUT2D eigenvalue weighted by atomic mass is 35.5. The number of hydrogen-bond donors (Lipinski definition) is 0. The first kappa shape index (κ1) is 9.96. The number of alkyl halides is 1. The highest BCUT2D eigenvalue weighted by Gasteiger charge is 2.41. The second-order valence-electron chi connectivity index (χ2n) is 3.36. The van der Waals surface area contributed by atoms with Crippen LogP contribution < -0.4 is 0 Å². The molecule has 1 saturated heterocycles. The normalized spacial score (nSPS) is 33.7. The van der Waals surface area contributed by atoms with Crippen LogP contribution in [-0.2, 0) is 14.3 Å². The summed E-state index contributed by atoms with van der Waals surface area (Å²) in [5, 5.41) is 0. The van der Waals surface area contributed by atoms with E-state index in [9.17, 15) is 4.79 Å². The van der Waals surface area contributed by atoms with E-state index in [4.69, 9.17) is 21.1 Å². The molecule has 1 heterocycles. The minimum atomic E-state index is -0.661. The van der Waals surface area contributed by atoms with Crippen LogP contribution in [0.1, 0.15) is 20.8 Å². The molecule has 2 unspecified atom stereocenters.